The second-order valence-electron chi connectivity index (χ2n) is 10.7. The molecule has 0 bridgehead atoms. The Morgan fingerprint density at radius 3 is 2.26 bits per heavy atom. The molecular weight excluding hydrogens is 745 g/mol. The molecule has 9 aromatic rings. The first-order valence-electron chi connectivity index (χ1n) is 14.8. The molecule has 0 N–H and O–H groups in total. The van der Waals surface area contributed by atoms with Crippen molar-refractivity contribution in [2.24, 2.45) is 0 Å². The number of nitrogens with zero attached hydrogens (tertiary/aromatic N) is 4. The van der Waals surface area contributed by atoms with Crippen LogP contribution in [0.25, 0.3) is 72.1 Å². The van der Waals surface area contributed by atoms with Crippen molar-refractivity contribution in [2.75, 3.05) is 0 Å². The summed E-state index contributed by atoms with van der Waals surface area (Å²) in [5.41, 5.74) is 8.38. The van der Waals surface area contributed by atoms with Gasteiger partial charge < -0.3 is 14.0 Å². The van der Waals surface area contributed by atoms with E-state index in [4.69, 9.17) is 9.40 Å². The number of imidazole rings is 1. The summed E-state index contributed by atoms with van der Waals surface area (Å²) in [5, 5.41) is 4.42. The average molecular weight is 771 g/mol. The Bertz CT molecular complexity index is 2400. The monoisotopic (exact) mass is 771 g/mol. The number of aromatic nitrogens is 4. The number of rotatable bonds is 3. The van der Waals surface area contributed by atoms with Gasteiger partial charge in [0.15, 0.2) is 0 Å². The molecule has 5 nitrogen and oxygen atoms in total. The second-order valence-corrected chi connectivity index (χ2v) is 10.7. The van der Waals surface area contributed by atoms with E-state index in [0.717, 1.165) is 77.8 Å². The van der Waals surface area contributed by atoms with Crippen LogP contribution in [-0.4, -0.2) is 19.5 Å². The molecule has 0 atom stereocenters. The van der Waals surface area contributed by atoms with Crippen LogP contribution in [0, 0.1) is 19.1 Å². The van der Waals surface area contributed by atoms with E-state index in [2.05, 4.69) is 75.2 Å². The van der Waals surface area contributed by atoms with Gasteiger partial charge in [-0.05, 0) is 42.3 Å². The minimum Gasteiger partial charge on any atom is -0.500 e. The van der Waals surface area contributed by atoms with Crippen LogP contribution in [0.15, 0.2) is 144 Å². The summed E-state index contributed by atoms with van der Waals surface area (Å²) in [4.78, 5) is 13.8. The molecule has 1 radical (unpaired) electrons. The maximum absolute atomic E-state index is 6.57. The van der Waals surface area contributed by atoms with Crippen LogP contribution in [-0.2, 0) is 20.1 Å². The van der Waals surface area contributed by atoms with Crippen molar-refractivity contribution in [1.29, 1.82) is 0 Å². The smallest absolute Gasteiger partial charge is 0.128 e. The van der Waals surface area contributed by atoms with Crippen LogP contribution in [0.2, 0.25) is 0 Å². The van der Waals surface area contributed by atoms with Crippen molar-refractivity contribution in [3.05, 3.63) is 158 Å². The summed E-state index contributed by atoms with van der Waals surface area (Å²) in [7, 11) is 0. The molecule has 5 aromatic carbocycles. The molecule has 0 spiro atoms. The number of pyridine rings is 2. The van der Waals surface area contributed by atoms with Crippen molar-refractivity contribution in [1.82, 2.24) is 19.5 Å². The Morgan fingerprint density at radius 1 is 0.630 bits per heavy atom. The van der Waals surface area contributed by atoms with Crippen LogP contribution >= 0.6 is 0 Å². The van der Waals surface area contributed by atoms with E-state index in [1.54, 1.807) is 12.4 Å². The van der Waals surface area contributed by atoms with Gasteiger partial charge in [0.05, 0.1) is 28.1 Å². The predicted octanol–water partition coefficient (Wildman–Crippen LogP) is 9.79. The van der Waals surface area contributed by atoms with Crippen LogP contribution in [0.3, 0.4) is 0 Å². The predicted molar refractivity (Wildman–Crippen MR) is 181 cm³/mol. The second kappa shape index (κ2) is 12.5. The molecule has 9 rings (SSSR count). The summed E-state index contributed by atoms with van der Waals surface area (Å²) in [6, 6.07) is 49.1. The van der Waals surface area contributed by atoms with Gasteiger partial charge >= 0.3 is 0 Å². The van der Waals surface area contributed by atoms with Gasteiger partial charge in [-0.2, -0.15) is 0 Å². The number of hydrogen-bond acceptors (Lipinski definition) is 4. The summed E-state index contributed by atoms with van der Waals surface area (Å²) in [6.07, 6.45) is 3.59. The van der Waals surface area contributed by atoms with Crippen molar-refractivity contribution in [2.45, 2.75) is 6.92 Å². The fourth-order valence-corrected chi connectivity index (χ4v) is 5.89. The van der Waals surface area contributed by atoms with Crippen LogP contribution in [0.1, 0.15) is 5.69 Å². The largest absolute Gasteiger partial charge is 0.500 e. The van der Waals surface area contributed by atoms with E-state index in [0.29, 0.717) is 0 Å². The molecule has 4 aromatic heterocycles. The van der Waals surface area contributed by atoms with Crippen molar-refractivity contribution in [3.63, 3.8) is 0 Å². The molecule has 4 heterocycles. The van der Waals surface area contributed by atoms with E-state index in [1.165, 1.54) is 0 Å². The van der Waals surface area contributed by atoms with Crippen molar-refractivity contribution < 1.29 is 24.5 Å². The first kappa shape index (κ1) is 29.3. The summed E-state index contributed by atoms with van der Waals surface area (Å²) < 4.78 is 8.73. The SMILES string of the molecule is Cc1nccc2nc(-c3[c-]ccc4c3oc3c5ccccc5ccc43)n(-c3ccccc3)c12.[Ir].[c-]1ccccc1-c1ccccn1. The number of para-hydroxylation sites is 1. The van der Waals surface area contributed by atoms with E-state index < -0.39 is 0 Å². The van der Waals surface area contributed by atoms with Crippen LogP contribution in [0.5, 0.6) is 0 Å². The van der Waals surface area contributed by atoms with Gasteiger partial charge in [-0.15, -0.1) is 54.1 Å². The number of benzene rings is 5. The summed E-state index contributed by atoms with van der Waals surface area (Å²) >= 11 is 0. The Kier molecular flexibility index (Phi) is 7.98. The van der Waals surface area contributed by atoms with Gasteiger partial charge in [0.2, 0.25) is 0 Å². The van der Waals surface area contributed by atoms with Crippen molar-refractivity contribution >= 4 is 43.7 Å². The van der Waals surface area contributed by atoms with E-state index in [9.17, 15) is 0 Å². The molecule has 6 heteroatoms. The third-order valence-corrected chi connectivity index (χ3v) is 7.96. The molecule has 46 heavy (non-hydrogen) atoms. The van der Waals surface area contributed by atoms with E-state index in [1.807, 2.05) is 85.8 Å². The normalized spacial score (nSPS) is 11.0. The van der Waals surface area contributed by atoms with E-state index in [-0.39, 0.29) is 20.1 Å². The van der Waals surface area contributed by atoms with Crippen LogP contribution < -0.4 is 0 Å². The molecule has 0 aliphatic rings. The Balaban J connectivity index is 0.000000220. The zero-order chi connectivity index (χ0) is 30.2. The Labute approximate surface area is 279 Å². The number of fused-ring (bicyclic) bond motifs is 6. The topological polar surface area (TPSA) is 56.7 Å². The molecule has 0 unspecified atom stereocenters. The fourth-order valence-electron chi connectivity index (χ4n) is 5.89. The zero-order valence-electron chi connectivity index (χ0n) is 24.8. The average Bonchev–Trinajstić information content (AvgIpc) is 3.70. The molecule has 0 saturated heterocycles. The minimum absolute atomic E-state index is 0. The third-order valence-electron chi connectivity index (χ3n) is 7.96. The fraction of sp³-hybridized carbons (Fsp3) is 0.0250. The van der Waals surface area contributed by atoms with Gasteiger partial charge in [0.25, 0.3) is 0 Å². The molecule has 0 aliphatic carbocycles. The minimum atomic E-state index is 0. The van der Waals surface area contributed by atoms with Gasteiger partial charge in [0.1, 0.15) is 5.58 Å². The summed E-state index contributed by atoms with van der Waals surface area (Å²) in [5.74, 6) is 0.793. The number of aryl methyl sites for hydroxylation is 1. The molecule has 0 amide bonds. The Morgan fingerprint density at radius 2 is 1.43 bits per heavy atom. The molecule has 223 valence electrons. The first-order valence-corrected chi connectivity index (χ1v) is 14.8. The van der Waals surface area contributed by atoms with Gasteiger partial charge in [-0.25, -0.2) is 0 Å². The van der Waals surface area contributed by atoms with E-state index >= 15 is 0 Å². The zero-order valence-corrected chi connectivity index (χ0v) is 27.2. The number of furan rings is 1. The van der Waals surface area contributed by atoms with Gasteiger partial charge in [-0.1, -0.05) is 77.7 Å². The molecule has 0 saturated carbocycles. The quantitative estimate of drug-likeness (QED) is 0.168. The Hall–Kier alpha value is -5.42. The summed E-state index contributed by atoms with van der Waals surface area (Å²) in [6.45, 7) is 2.02. The van der Waals surface area contributed by atoms with Crippen molar-refractivity contribution in [3.8, 4) is 28.3 Å². The maximum Gasteiger partial charge on any atom is 0.128 e. The molecule has 0 fully saturated rings. The van der Waals surface area contributed by atoms with Gasteiger partial charge in [-0.3, -0.25) is 9.97 Å². The molecule has 0 aliphatic heterocycles. The maximum atomic E-state index is 6.57. The van der Waals surface area contributed by atoms with Gasteiger partial charge in [0, 0.05) is 49.0 Å². The third kappa shape index (κ3) is 5.18. The molecular formula is C40H26IrN4O-2. The standard InChI is InChI=1S/C29H18N3O.C11H8N.Ir/c1-18-26-25(16-17-30-18)31-29(32(26)20-9-3-2-4-10-20)24-13-7-12-22-23-15-14-19-8-5-6-11-21(19)27(23)33-28(22)24;1-2-6-10(7-3-1)11-8-4-5-9-12-11;/h2-12,14-17H,1H3;1-6,8-9H;/q2*-1;. The van der Waals surface area contributed by atoms with Crippen LogP contribution in [0.4, 0.5) is 0 Å². The number of hydrogen-bond donors (Lipinski definition) is 0. The first-order chi connectivity index (χ1) is 22.3.